The minimum absolute atomic E-state index is 0.0388. The number of nitrogens with zero attached hydrogens (tertiary/aromatic N) is 2. The van der Waals surface area contributed by atoms with Gasteiger partial charge in [-0.2, -0.15) is 11.8 Å². The number of amides is 2. The molecule has 0 aromatic carbocycles. The van der Waals surface area contributed by atoms with E-state index in [0.717, 1.165) is 52.7 Å². The number of rotatable bonds is 7. The molecule has 2 fully saturated rings. The van der Waals surface area contributed by atoms with Crippen LogP contribution in [0.4, 0.5) is 0 Å². The van der Waals surface area contributed by atoms with E-state index in [-0.39, 0.29) is 17.7 Å². The number of aryl methyl sites for hydroxylation is 1. The average Bonchev–Trinajstić information content (AvgIpc) is 3.37. The Morgan fingerprint density at radius 1 is 1.17 bits per heavy atom. The van der Waals surface area contributed by atoms with Gasteiger partial charge in [0.15, 0.2) is 0 Å². The van der Waals surface area contributed by atoms with Crippen molar-refractivity contribution < 1.29 is 9.59 Å². The van der Waals surface area contributed by atoms with E-state index in [9.17, 15) is 9.59 Å². The smallest absolute Gasteiger partial charge is 0.270 e. The van der Waals surface area contributed by atoms with Gasteiger partial charge in [0, 0.05) is 37.8 Å². The highest BCUT2D eigenvalue weighted by Gasteiger charge is 2.29. The summed E-state index contributed by atoms with van der Waals surface area (Å²) in [5.41, 5.74) is 1.86. The van der Waals surface area contributed by atoms with Crippen molar-refractivity contribution in [1.29, 1.82) is 0 Å². The summed E-state index contributed by atoms with van der Waals surface area (Å²) in [5.74, 6) is 1.44. The molecule has 7 heteroatoms. The van der Waals surface area contributed by atoms with Crippen LogP contribution in [0.3, 0.4) is 0 Å². The lowest BCUT2D eigenvalue weighted by Gasteiger charge is -2.31. The molecule has 1 aliphatic carbocycles. The zero-order valence-corrected chi connectivity index (χ0v) is 19.5. The van der Waals surface area contributed by atoms with Gasteiger partial charge in [0.1, 0.15) is 5.69 Å². The maximum atomic E-state index is 12.9. The van der Waals surface area contributed by atoms with Gasteiger partial charge in [-0.05, 0) is 55.4 Å². The van der Waals surface area contributed by atoms with Gasteiger partial charge >= 0.3 is 0 Å². The molecule has 0 radical (unpaired) electrons. The van der Waals surface area contributed by atoms with E-state index >= 15 is 0 Å². The molecule has 0 atom stereocenters. The molecule has 3 heterocycles. The van der Waals surface area contributed by atoms with E-state index in [2.05, 4.69) is 28.5 Å². The van der Waals surface area contributed by atoms with Crippen LogP contribution >= 0.6 is 23.1 Å². The highest BCUT2D eigenvalue weighted by Crippen LogP contribution is 2.29. The quantitative estimate of drug-likeness (QED) is 0.628. The summed E-state index contributed by atoms with van der Waals surface area (Å²) < 4.78 is 3.13. The van der Waals surface area contributed by atoms with E-state index in [0.29, 0.717) is 13.1 Å². The van der Waals surface area contributed by atoms with Crippen LogP contribution in [0.25, 0.3) is 10.2 Å². The van der Waals surface area contributed by atoms with Crippen LogP contribution in [-0.4, -0.2) is 51.9 Å². The lowest BCUT2D eigenvalue weighted by atomic mass is 9.95. The molecule has 2 aromatic heterocycles. The molecule has 0 spiro atoms. The summed E-state index contributed by atoms with van der Waals surface area (Å²) >= 11 is 3.76. The molecule has 2 amide bonds. The highest BCUT2D eigenvalue weighted by molar-refractivity contribution is 7.99. The zero-order chi connectivity index (χ0) is 20.9. The molecule has 0 bridgehead atoms. The largest absolute Gasteiger partial charge is 0.356 e. The standard InChI is InChI=1S/C23H33N3O2S2/c1-25-19-10-15-30-21(19)16-20(25)23(28)26-12-8-17(9-13-26)22(27)24-11-5-14-29-18-6-3-2-4-7-18/h10,15-18H,2-9,11-14H2,1H3,(H,24,27). The van der Waals surface area contributed by atoms with Gasteiger partial charge < -0.3 is 14.8 Å². The summed E-state index contributed by atoms with van der Waals surface area (Å²) in [6.07, 6.45) is 9.48. The third kappa shape index (κ3) is 5.05. The van der Waals surface area contributed by atoms with Crippen molar-refractivity contribution in [3.63, 3.8) is 0 Å². The Morgan fingerprint density at radius 2 is 1.93 bits per heavy atom. The van der Waals surface area contributed by atoms with Crippen LogP contribution in [0.15, 0.2) is 17.5 Å². The molecule has 1 saturated heterocycles. The molecular formula is C23H33N3O2S2. The van der Waals surface area contributed by atoms with Crippen LogP contribution in [0.2, 0.25) is 0 Å². The second-order valence-electron chi connectivity index (χ2n) is 8.60. The number of aromatic nitrogens is 1. The number of thioether (sulfide) groups is 1. The summed E-state index contributed by atoms with van der Waals surface area (Å²) in [7, 11) is 1.95. The van der Waals surface area contributed by atoms with Crippen LogP contribution in [0.5, 0.6) is 0 Å². The Bertz CT molecular complexity index is 861. The monoisotopic (exact) mass is 447 g/mol. The van der Waals surface area contributed by atoms with Crippen molar-refractivity contribution in [2.24, 2.45) is 13.0 Å². The van der Waals surface area contributed by atoms with Crippen LogP contribution in [0.1, 0.15) is 61.9 Å². The van der Waals surface area contributed by atoms with E-state index < -0.39 is 0 Å². The average molecular weight is 448 g/mol. The molecule has 2 aromatic rings. The number of thiophene rings is 1. The van der Waals surface area contributed by atoms with Crippen molar-refractivity contribution >= 4 is 45.1 Å². The van der Waals surface area contributed by atoms with Crippen molar-refractivity contribution in [3.8, 4) is 0 Å². The molecular weight excluding hydrogens is 414 g/mol. The lowest BCUT2D eigenvalue weighted by molar-refractivity contribution is -0.126. The molecule has 30 heavy (non-hydrogen) atoms. The molecule has 1 N–H and O–H groups in total. The predicted octanol–water partition coefficient (Wildman–Crippen LogP) is 4.66. The second-order valence-corrected chi connectivity index (χ2v) is 11.0. The normalized spacial score (nSPS) is 18.8. The fourth-order valence-corrected chi connectivity index (χ4v) is 6.83. The van der Waals surface area contributed by atoms with Crippen LogP contribution < -0.4 is 5.32 Å². The topological polar surface area (TPSA) is 54.3 Å². The van der Waals surface area contributed by atoms with Crippen LogP contribution in [0, 0.1) is 5.92 Å². The highest BCUT2D eigenvalue weighted by atomic mass is 32.2. The van der Waals surface area contributed by atoms with Crippen molar-refractivity contribution in [3.05, 3.63) is 23.2 Å². The second kappa shape index (κ2) is 10.2. The van der Waals surface area contributed by atoms with Gasteiger partial charge in [-0.25, -0.2) is 0 Å². The Hall–Kier alpha value is -1.47. The maximum Gasteiger partial charge on any atom is 0.270 e. The van der Waals surface area contributed by atoms with Gasteiger partial charge in [-0.3, -0.25) is 9.59 Å². The first kappa shape index (κ1) is 21.8. The minimum atomic E-state index is 0.0388. The van der Waals surface area contributed by atoms with E-state index in [4.69, 9.17) is 0 Å². The third-order valence-corrected chi connectivity index (χ3v) is 8.88. The number of fused-ring (bicyclic) bond motifs is 1. The Labute approximate surface area is 187 Å². The van der Waals surface area contributed by atoms with Gasteiger partial charge in [0.25, 0.3) is 5.91 Å². The first-order chi connectivity index (χ1) is 14.6. The minimum Gasteiger partial charge on any atom is -0.356 e. The van der Waals surface area contributed by atoms with Gasteiger partial charge in [0.2, 0.25) is 5.91 Å². The van der Waals surface area contributed by atoms with Crippen molar-refractivity contribution in [2.75, 3.05) is 25.4 Å². The number of piperidine rings is 1. The van der Waals surface area contributed by atoms with Gasteiger partial charge in [-0.15, -0.1) is 11.3 Å². The molecule has 5 nitrogen and oxygen atoms in total. The Morgan fingerprint density at radius 3 is 2.67 bits per heavy atom. The van der Waals surface area contributed by atoms with E-state index in [1.165, 1.54) is 32.1 Å². The lowest BCUT2D eigenvalue weighted by Crippen LogP contribution is -2.43. The number of carbonyl (C=O) groups is 2. The predicted molar refractivity (Wildman–Crippen MR) is 126 cm³/mol. The van der Waals surface area contributed by atoms with Crippen molar-refractivity contribution in [1.82, 2.24) is 14.8 Å². The van der Waals surface area contributed by atoms with Gasteiger partial charge in [0.05, 0.1) is 10.2 Å². The van der Waals surface area contributed by atoms with E-state index in [1.54, 1.807) is 11.3 Å². The van der Waals surface area contributed by atoms with Gasteiger partial charge in [-0.1, -0.05) is 19.3 Å². The zero-order valence-electron chi connectivity index (χ0n) is 17.9. The summed E-state index contributed by atoms with van der Waals surface area (Å²) in [5, 5.41) is 6.03. The molecule has 164 valence electrons. The third-order valence-electron chi connectivity index (χ3n) is 6.56. The molecule has 1 aliphatic heterocycles. The number of hydrogen-bond acceptors (Lipinski definition) is 4. The molecule has 4 rings (SSSR count). The first-order valence-electron chi connectivity index (χ1n) is 11.3. The first-order valence-corrected chi connectivity index (χ1v) is 13.3. The number of nitrogens with one attached hydrogen (secondary N) is 1. The molecule has 1 saturated carbocycles. The van der Waals surface area contributed by atoms with Crippen molar-refractivity contribution in [2.45, 2.75) is 56.6 Å². The fraction of sp³-hybridized carbons (Fsp3) is 0.652. The maximum absolute atomic E-state index is 12.9. The van der Waals surface area contributed by atoms with E-state index in [1.807, 2.05) is 22.6 Å². The SMILES string of the molecule is Cn1c(C(=O)N2CCC(C(=O)NCCCSC3CCCCC3)CC2)cc2sccc21. The number of hydrogen-bond donors (Lipinski definition) is 1. The number of carbonyl (C=O) groups excluding carboxylic acids is 2. The molecule has 2 aliphatic rings. The summed E-state index contributed by atoms with van der Waals surface area (Å²) in [4.78, 5) is 27.4. The Balaban J connectivity index is 1.16. The Kier molecular flexibility index (Phi) is 7.41. The molecule has 0 unspecified atom stereocenters. The van der Waals surface area contributed by atoms with Crippen LogP contribution in [-0.2, 0) is 11.8 Å². The number of likely N-dealkylation sites (tertiary alicyclic amines) is 1. The summed E-state index contributed by atoms with van der Waals surface area (Å²) in [6.45, 7) is 2.10. The fourth-order valence-electron chi connectivity index (χ4n) is 4.67. The summed E-state index contributed by atoms with van der Waals surface area (Å²) in [6, 6.07) is 4.05.